The molecule has 0 aliphatic carbocycles. The minimum atomic E-state index is 1.08. The molecule has 0 radical (unpaired) electrons. The zero-order valence-corrected chi connectivity index (χ0v) is 11.7. The van der Waals surface area contributed by atoms with Crippen LogP contribution >= 0.6 is 0 Å². The van der Waals surface area contributed by atoms with E-state index in [1.54, 1.807) is 0 Å². The number of H-pyrrole nitrogens is 1. The molecule has 2 heterocycles. The summed E-state index contributed by atoms with van der Waals surface area (Å²) in [5.74, 6) is 0. The van der Waals surface area contributed by atoms with Gasteiger partial charge in [0.2, 0.25) is 0 Å². The van der Waals surface area contributed by atoms with Crippen molar-refractivity contribution in [2.75, 3.05) is 19.6 Å². The standard InChI is InChI=1S/C16H21N3/c1-3-6-19-7-4-5-13(11-19)15-9-16-14(8-12(15)2)10-17-18-16/h5,8-10H,3-4,6-7,11H2,1-2H3,(H,17,18). The van der Waals surface area contributed by atoms with Crippen LogP contribution in [0.3, 0.4) is 0 Å². The van der Waals surface area contributed by atoms with Gasteiger partial charge < -0.3 is 0 Å². The van der Waals surface area contributed by atoms with Gasteiger partial charge in [0.25, 0.3) is 0 Å². The van der Waals surface area contributed by atoms with Crippen molar-refractivity contribution >= 4 is 16.5 Å². The molecular weight excluding hydrogens is 234 g/mol. The Morgan fingerprint density at radius 3 is 3.11 bits per heavy atom. The van der Waals surface area contributed by atoms with Gasteiger partial charge in [0.1, 0.15) is 0 Å². The Morgan fingerprint density at radius 1 is 1.37 bits per heavy atom. The van der Waals surface area contributed by atoms with Gasteiger partial charge in [0.05, 0.1) is 11.7 Å². The summed E-state index contributed by atoms with van der Waals surface area (Å²) in [6.07, 6.45) is 6.68. The van der Waals surface area contributed by atoms with E-state index in [0.717, 1.165) is 18.5 Å². The highest BCUT2D eigenvalue weighted by Gasteiger charge is 2.15. The van der Waals surface area contributed by atoms with Crippen molar-refractivity contribution in [3.63, 3.8) is 0 Å². The van der Waals surface area contributed by atoms with Crippen LogP contribution in [-0.4, -0.2) is 34.7 Å². The molecule has 3 rings (SSSR count). The lowest BCUT2D eigenvalue weighted by Gasteiger charge is -2.27. The Labute approximate surface area is 114 Å². The average molecular weight is 255 g/mol. The van der Waals surface area contributed by atoms with Crippen molar-refractivity contribution in [1.29, 1.82) is 0 Å². The highest BCUT2D eigenvalue weighted by Crippen LogP contribution is 2.27. The van der Waals surface area contributed by atoms with E-state index >= 15 is 0 Å². The fraction of sp³-hybridized carbons (Fsp3) is 0.438. The minimum absolute atomic E-state index is 1.08. The third kappa shape index (κ3) is 2.43. The van der Waals surface area contributed by atoms with E-state index < -0.39 is 0 Å². The molecule has 3 heteroatoms. The average Bonchev–Trinajstić information content (AvgIpc) is 2.85. The quantitative estimate of drug-likeness (QED) is 0.912. The van der Waals surface area contributed by atoms with E-state index in [-0.39, 0.29) is 0 Å². The maximum Gasteiger partial charge on any atom is 0.0656 e. The fourth-order valence-corrected chi connectivity index (χ4v) is 2.96. The molecule has 0 atom stereocenters. The molecule has 1 aromatic carbocycles. The van der Waals surface area contributed by atoms with Gasteiger partial charge in [-0.1, -0.05) is 13.0 Å². The molecule has 0 saturated heterocycles. The third-order valence-electron chi connectivity index (χ3n) is 3.90. The second-order valence-electron chi connectivity index (χ2n) is 5.42. The topological polar surface area (TPSA) is 31.9 Å². The summed E-state index contributed by atoms with van der Waals surface area (Å²) in [6, 6.07) is 4.48. The largest absolute Gasteiger partial charge is 0.299 e. The summed E-state index contributed by atoms with van der Waals surface area (Å²) < 4.78 is 0. The number of hydrogen-bond acceptors (Lipinski definition) is 2. The molecule has 1 aliphatic heterocycles. The predicted molar refractivity (Wildman–Crippen MR) is 80.2 cm³/mol. The first kappa shape index (κ1) is 12.4. The van der Waals surface area contributed by atoms with E-state index in [9.17, 15) is 0 Å². The number of aryl methyl sites for hydroxylation is 1. The summed E-state index contributed by atoms with van der Waals surface area (Å²) >= 11 is 0. The summed E-state index contributed by atoms with van der Waals surface area (Å²) in [6.45, 7) is 7.92. The van der Waals surface area contributed by atoms with Crippen molar-refractivity contribution in [2.24, 2.45) is 0 Å². The number of aromatic nitrogens is 2. The molecule has 0 spiro atoms. The lowest BCUT2D eigenvalue weighted by Crippen LogP contribution is -2.30. The first-order chi connectivity index (χ1) is 9.28. The van der Waals surface area contributed by atoms with Crippen LogP contribution in [0.2, 0.25) is 0 Å². The monoisotopic (exact) mass is 255 g/mol. The molecule has 19 heavy (non-hydrogen) atoms. The van der Waals surface area contributed by atoms with Crippen LogP contribution < -0.4 is 0 Å². The Kier molecular flexibility index (Phi) is 3.38. The molecule has 0 unspecified atom stereocenters. The van der Waals surface area contributed by atoms with Gasteiger partial charge in [0, 0.05) is 18.5 Å². The smallest absolute Gasteiger partial charge is 0.0656 e. The van der Waals surface area contributed by atoms with E-state index in [4.69, 9.17) is 0 Å². The highest BCUT2D eigenvalue weighted by molar-refractivity contribution is 5.85. The number of nitrogens with one attached hydrogen (secondary N) is 1. The van der Waals surface area contributed by atoms with Crippen molar-refractivity contribution in [3.05, 3.63) is 35.5 Å². The van der Waals surface area contributed by atoms with Crippen LogP contribution in [-0.2, 0) is 0 Å². The van der Waals surface area contributed by atoms with Crippen molar-refractivity contribution in [1.82, 2.24) is 15.1 Å². The predicted octanol–water partition coefficient (Wildman–Crippen LogP) is 3.37. The van der Waals surface area contributed by atoms with E-state index in [0.29, 0.717) is 0 Å². The van der Waals surface area contributed by atoms with Gasteiger partial charge in [-0.15, -0.1) is 0 Å². The zero-order chi connectivity index (χ0) is 13.2. The van der Waals surface area contributed by atoms with Crippen molar-refractivity contribution in [2.45, 2.75) is 26.7 Å². The van der Waals surface area contributed by atoms with Crippen LogP contribution in [0.15, 0.2) is 24.4 Å². The molecule has 0 amide bonds. The number of nitrogens with zero attached hydrogens (tertiary/aromatic N) is 2. The van der Waals surface area contributed by atoms with Crippen LogP contribution in [0.25, 0.3) is 16.5 Å². The Hall–Kier alpha value is -1.61. The van der Waals surface area contributed by atoms with E-state index in [1.807, 2.05) is 6.20 Å². The molecular formula is C16H21N3. The molecule has 1 aliphatic rings. The van der Waals surface area contributed by atoms with Gasteiger partial charge in [-0.3, -0.25) is 10.00 Å². The lowest BCUT2D eigenvalue weighted by molar-refractivity contribution is 0.305. The van der Waals surface area contributed by atoms with E-state index in [2.05, 4.69) is 47.2 Å². The van der Waals surface area contributed by atoms with Gasteiger partial charge in [-0.2, -0.15) is 5.10 Å². The molecule has 0 fully saturated rings. The zero-order valence-electron chi connectivity index (χ0n) is 11.7. The van der Waals surface area contributed by atoms with Gasteiger partial charge in [-0.25, -0.2) is 0 Å². The first-order valence-electron chi connectivity index (χ1n) is 7.13. The molecule has 3 nitrogen and oxygen atoms in total. The molecule has 1 aromatic heterocycles. The molecule has 1 N–H and O–H groups in total. The van der Waals surface area contributed by atoms with Gasteiger partial charge in [0.15, 0.2) is 0 Å². The second kappa shape index (κ2) is 5.17. The summed E-state index contributed by atoms with van der Waals surface area (Å²) in [4.78, 5) is 2.55. The number of benzene rings is 1. The van der Waals surface area contributed by atoms with Crippen molar-refractivity contribution in [3.8, 4) is 0 Å². The lowest BCUT2D eigenvalue weighted by atomic mass is 9.95. The number of aromatic amines is 1. The van der Waals surface area contributed by atoms with Crippen LogP contribution in [0, 0.1) is 6.92 Å². The SMILES string of the molecule is CCCN1CCC=C(c2cc3[nH]ncc3cc2C)C1. The highest BCUT2D eigenvalue weighted by atomic mass is 15.1. The summed E-state index contributed by atoms with van der Waals surface area (Å²) in [5, 5.41) is 8.39. The summed E-state index contributed by atoms with van der Waals surface area (Å²) in [7, 11) is 0. The van der Waals surface area contributed by atoms with E-state index in [1.165, 1.54) is 41.6 Å². The Balaban J connectivity index is 1.94. The Bertz CT molecular complexity index is 609. The van der Waals surface area contributed by atoms with Crippen LogP contribution in [0.1, 0.15) is 30.9 Å². The minimum Gasteiger partial charge on any atom is -0.299 e. The number of fused-ring (bicyclic) bond motifs is 1. The fourth-order valence-electron chi connectivity index (χ4n) is 2.96. The molecule has 0 saturated carbocycles. The maximum absolute atomic E-state index is 4.12. The third-order valence-corrected chi connectivity index (χ3v) is 3.90. The molecule has 2 aromatic rings. The first-order valence-corrected chi connectivity index (χ1v) is 7.13. The number of rotatable bonds is 3. The van der Waals surface area contributed by atoms with Gasteiger partial charge >= 0.3 is 0 Å². The summed E-state index contributed by atoms with van der Waals surface area (Å²) in [5.41, 5.74) is 5.32. The molecule has 100 valence electrons. The molecule has 0 bridgehead atoms. The Morgan fingerprint density at radius 2 is 2.26 bits per heavy atom. The normalized spacial score (nSPS) is 16.8. The maximum atomic E-state index is 4.12. The second-order valence-corrected chi connectivity index (χ2v) is 5.42. The van der Waals surface area contributed by atoms with Crippen molar-refractivity contribution < 1.29 is 0 Å². The number of hydrogen-bond donors (Lipinski definition) is 1. The van der Waals surface area contributed by atoms with Crippen LogP contribution in [0.5, 0.6) is 0 Å². The van der Waals surface area contributed by atoms with Crippen LogP contribution in [0.4, 0.5) is 0 Å². The van der Waals surface area contributed by atoms with Gasteiger partial charge in [-0.05, 0) is 55.1 Å².